The summed E-state index contributed by atoms with van der Waals surface area (Å²) in [7, 11) is 1.59. The average Bonchev–Trinajstić information content (AvgIpc) is 2.67. The SMILES string of the molecule is CCC(C(=O)NC)N(Cc1cccc(C)c1)C(=O)COc1ccc(I)cc1. The van der Waals surface area contributed by atoms with Gasteiger partial charge in [0.25, 0.3) is 5.91 Å². The predicted molar refractivity (Wildman–Crippen MR) is 115 cm³/mol. The molecule has 144 valence electrons. The number of hydrogen-bond donors (Lipinski definition) is 1. The Labute approximate surface area is 174 Å². The molecule has 2 aromatic rings. The van der Waals surface area contributed by atoms with Gasteiger partial charge in [0.05, 0.1) is 0 Å². The first-order chi connectivity index (χ1) is 12.9. The zero-order valence-electron chi connectivity index (χ0n) is 15.9. The highest BCUT2D eigenvalue weighted by Crippen LogP contribution is 2.16. The van der Waals surface area contributed by atoms with Crippen LogP contribution in [0.3, 0.4) is 0 Å². The number of carbonyl (C=O) groups is 2. The Morgan fingerprint density at radius 1 is 1.19 bits per heavy atom. The van der Waals surface area contributed by atoms with Crippen LogP contribution in [0.2, 0.25) is 0 Å². The highest BCUT2D eigenvalue weighted by atomic mass is 127. The molecule has 1 N–H and O–H groups in total. The van der Waals surface area contributed by atoms with Crippen LogP contribution in [0.1, 0.15) is 24.5 Å². The molecule has 0 aliphatic rings. The zero-order chi connectivity index (χ0) is 19.8. The molecule has 2 amide bonds. The van der Waals surface area contributed by atoms with Gasteiger partial charge < -0.3 is 15.0 Å². The Morgan fingerprint density at radius 3 is 2.48 bits per heavy atom. The van der Waals surface area contributed by atoms with E-state index in [1.807, 2.05) is 62.4 Å². The van der Waals surface area contributed by atoms with Crippen LogP contribution in [0.4, 0.5) is 0 Å². The van der Waals surface area contributed by atoms with Crippen LogP contribution in [0.5, 0.6) is 5.75 Å². The summed E-state index contributed by atoms with van der Waals surface area (Å²) in [4.78, 5) is 26.8. The van der Waals surface area contributed by atoms with Crippen LogP contribution >= 0.6 is 22.6 Å². The van der Waals surface area contributed by atoms with Crippen molar-refractivity contribution in [2.45, 2.75) is 32.9 Å². The van der Waals surface area contributed by atoms with Gasteiger partial charge in [0.2, 0.25) is 5.91 Å². The van der Waals surface area contributed by atoms with Crippen molar-refractivity contribution in [3.8, 4) is 5.75 Å². The smallest absolute Gasteiger partial charge is 0.261 e. The van der Waals surface area contributed by atoms with Gasteiger partial charge >= 0.3 is 0 Å². The Morgan fingerprint density at radius 2 is 1.89 bits per heavy atom. The average molecular weight is 480 g/mol. The standard InChI is InChI=1S/C21H25IN2O3/c1-4-19(21(26)23-3)24(13-16-7-5-6-15(2)12-16)20(25)14-27-18-10-8-17(22)9-11-18/h5-12,19H,4,13-14H2,1-3H3,(H,23,26). The summed E-state index contributed by atoms with van der Waals surface area (Å²) < 4.78 is 6.74. The second kappa shape index (κ2) is 10.3. The quantitative estimate of drug-likeness (QED) is 0.589. The fourth-order valence-electron chi connectivity index (χ4n) is 2.85. The molecule has 0 aromatic heterocycles. The van der Waals surface area contributed by atoms with Crippen LogP contribution in [-0.4, -0.2) is 36.4 Å². The third-order valence-electron chi connectivity index (χ3n) is 4.24. The molecule has 0 aliphatic heterocycles. The Kier molecular flexibility index (Phi) is 8.09. The highest BCUT2D eigenvalue weighted by molar-refractivity contribution is 14.1. The van der Waals surface area contributed by atoms with E-state index in [4.69, 9.17) is 4.74 Å². The van der Waals surface area contributed by atoms with E-state index in [0.29, 0.717) is 18.7 Å². The third-order valence-corrected chi connectivity index (χ3v) is 4.96. The summed E-state index contributed by atoms with van der Waals surface area (Å²) in [6.45, 7) is 4.16. The number of benzene rings is 2. The molecule has 1 atom stereocenters. The molecule has 2 rings (SSSR count). The number of carbonyl (C=O) groups excluding carboxylic acids is 2. The topological polar surface area (TPSA) is 58.6 Å². The molecule has 0 spiro atoms. The number of nitrogens with one attached hydrogen (secondary N) is 1. The molecule has 27 heavy (non-hydrogen) atoms. The van der Waals surface area contributed by atoms with Crippen molar-refractivity contribution in [3.63, 3.8) is 0 Å². The number of likely N-dealkylation sites (N-methyl/N-ethyl adjacent to an activating group) is 1. The van der Waals surface area contributed by atoms with Crippen LogP contribution in [0, 0.1) is 10.5 Å². The lowest BCUT2D eigenvalue weighted by atomic mass is 10.1. The Bertz CT molecular complexity index is 777. The van der Waals surface area contributed by atoms with Crippen LogP contribution in [0.25, 0.3) is 0 Å². The van der Waals surface area contributed by atoms with Gasteiger partial charge in [0, 0.05) is 17.2 Å². The van der Waals surface area contributed by atoms with Gasteiger partial charge in [-0.3, -0.25) is 9.59 Å². The molecule has 2 aromatic carbocycles. The van der Waals surface area contributed by atoms with Crippen molar-refractivity contribution in [1.29, 1.82) is 0 Å². The molecule has 0 aliphatic carbocycles. The van der Waals surface area contributed by atoms with Crippen molar-refractivity contribution in [3.05, 3.63) is 63.2 Å². The molecular formula is C21H25IN2O3. The summed E-state index contributed by atoms with van der Waals surface area (Å²) in [6.07, 6.45) is 0.529. The van der Waals surface area contributed by atoms with E-state index < -0.39 is 6.04 Å². The molecule has 1 unspecified atom stereocenters. The number of hydrogen-bond acceptors (Lipinski definition) is 3. The maximum Gasteiger partial charge on any atom is 0.261 e. The van der Waals surface area contributed by atoms with E-state index in [-0.39, 0.29) is 18.4 Å². The predicted octanol–water partition coefficient (Wildman–Crippen LogP) is 3.53. The van der Waals surface area contributed by atoms with Crippen molar-refractivity contribution in [2.24, 2.45) is 0 Å². The van der Waals surface area contributed by atoms with Crippen molar-refractivity contribution >= 4 is 34.4 Å². The highest BCUT2D eigenvalue weighted by Gasteiger charge is 2.28. The summed E-state index contributed by atoms with van der Waals surface area (Å²) in [5.74, 6) is 0.241. The maximum absolute atomic E-state index is 12.9. The summed E-state index contributed by atoms with van der Waals surface area (Å²) in [5, 5.41) is 2.65. The molecule has 0 radical (unpaired) electrons. The largest absolute Gasteiger partial charge is 0.484 e. The van der Waals surface area contributed by atoms with E-state index in [0.717, 1.165) is 14.7 Å². The lowest BCUT2D eigenvalue weighted by Gasteiger charge is -2.30. The van der Waals surface area contributed by atoms with Gasteiger partial charge in [-0.25, -0.2) is 0 Å². The lowest BCUT2D eigenvalue weighted by molar-refractivity contribution is -0.142. The molecule has 0 fully saturated rings. The van der Waals surface area contributed by atoms with Gasteiger partial charge in [-0.05, 0) is 65.8 Å². The fraction of sp³-hybridized carbons (Fsp3) is 0.333. The van der Waals surface area contributed by atoms with E-state index in [9.17, 15) is 9.59 Å². The number of nitrogens with zero attached hydrogens (tertiary/aromatic N) is 1. The number of aryl methyl sites for hydroxylation is 1. The van der Waals surface area contributed by atoms with Crippen LogP contribution < -0.4 is 10.1 Å². The summed E-state index contributed by atoms with van der Waals surface area (Å²) >= 11 is 2.21. The summed E-state index contributed by atoms with van der Waals surface area (Å²) in [6, 6.07) is 14.9. The molecule has 6 heteroatoms. The molecule has 0 bridgehead atoms. The fourth-order valence-corrected chi connectivity index (χ4v) is 3.21. The number of halogens is 1. The van der Waals surface area contributed by atoms with E-state index in [1.54, 1.807) is 11.9 Å². The minimum Gasteiger partial charge on any atom is -0.484 e. The van der Waals surface area contributed by atoms with Gasteiger partial charge in [0.15, 0.2) is 6.61 Å². The summed E-state index contributed by atoms with van der Waals surface area (Å²) in [5.41, 5.74) is 2.10. The monoisotopic (exact) mass is 480 g/mol. The number of rotatable bonds is 8. The van der Waals surface area contributed by atoms with Crippen molar-refractivity contribution in [1.82, 2.24) is 10.2 Å². The number of amides is 2. The third kappa shape index (κ3) is 6.23. The normalized spacial score (nSPS) is 11.6. The zero-order valence-corrected chi connectivity index (χ0v) is 18.0. The minimum absolute atomic E-state index is 0.111. The van der Waals surface area contributed by atoms with E-state index in [2.05, 4.69) is 27.9 Å². The molecule has 0 saturated carbocycles. The van der Waals surface area contributed by atoms with Gasteiger partial charge in [-0.15, -0.1) is 0 Å². The second-order valence-electron chi connectivity index (χ2n) is 6.29. The van der Waals surface area contributed by atoms with Gasteiger partial charge in [-0.1, -0.05) is 36.8 Å². The molecular weight excluding hydrogens is 455 g/mol. The lowest BCUT2D eigenvalue weighted by Crippen LogP contribution is -2.49. The maximum atomic E-state index is 12.9. The van der Waals surface area contributed by atoms with Gasteiger partial charge in [-0.2, -0.15) is 0 Å². The van der Waals surface area contributed by atoms with Crippen molar-refractivity contribution < 1.29 is 14.3 Å². The molecule has 5 nitrogen and oxygen atoms in total. The first-order valence-electron chi connectivity index (χ1n) is 8.89. The van der Waals surface area contributed by atoms with Gasteiger partial charge in [0.1, 0.15) is 11.8 Å². The number of ether oxygens (including phenoxy) is 1. The Balaban J connectivity index is 2.17. The molecule has 0 saturated heterocycles. The Hall–Kier alpha value is -2.09. The second-order valence-corrected chi connectivity index (χ2v) is 7.54. The van der Waals surface area contributed by atoms with E-state index in [1.165, 1.54) is 0 Å². The first kappa shape index (κ1) is 21.2. The van der Waals surface area contributed by atoms with Crippen LogP contribution in [0.15, 0.2) is 48.5 Å². The minimum atomic E-state index is -0.539. The first-order valence-corrected chi connectivity index (χ1v) is 9.97. The molecule has 0 heterocycles. The van der Waals surface area contributed by atoms with E-state index >= 15 is 0 Å². The van der Waals surface area contributed by atoms with Crippen molar-refractivity contribution in [2.75, 3.05) is 13.7 Å². The van der Waals surface area contributed by atoms with Crippen LogP contribution in [-0.2, 0) is 16.1 Å².